The molecule has 0 spiro atoms. The largest absolute Gasteiger partial charge is 0.376 e. The number of nitrogens with one attached hydrogen (secondary N) is 3. The molecule has 5 nitrogen and oxygen atoms in total. The van der Waals surface area contributed by atoms with Crippen LogP contribution in [0.2, 0.25) is 5.02 Å². The Morgan fingerprint density at radius 2 is 2.00 bits per heavy atom. The number of amides is 3. The van der Waals surface area contributed by atoms with Crippen LogP contribution in [0.25, 0.3) is 0 Å². The zero-order chi connectivity index (χ0) is 15.2. The number of hydrogen-bond acceptors (Lipinski definition) is 3. The van der Waals surface area contributed by atoms with E-state index in [1.165, 1.54) is 18.2 Å². The van der Waals surface area contributed by atoms with Gasteiger partial charge >= 0.3 is 6.03 Å². The van der Waals surface area contributed by atoms with Crippen molar-refractivity contribution >= 4 is 29.2 Å². The molecule has 2 rings (SSSR count). The zero-order valence-corrected chi connectivity index (χ0v) is 12.2. The van der Waals surface area contributed by atoms with Crippen LogP contribution in [0.5, 0.6) is 0 Å². The summed E-state index contributed by atoms with van der Waals surface area (Å²) in [6, 6.07) is 3.72. The van der Waals surface area contributed by atoms with E-state index in [4.69, 9.17) is 11.6 Å². The van der Waals surface area contributed by atoms with Crippen LogP contribution in [-0.4, -0.2) is 24.5 Å². The molecule has 0 radical (unpaired) electrons. The third-order valence-electron chi connectivity index (χ3n) is 3.32. The Morgan fingerprint density at radius 3 is 2.67 bits per heavy atom. The second-order valence-electron chi connectivity index (χ2n) is 4.99. The van der Waals surface area contributed by atoms with Gasteiger partial charge in [-0.1, -0.05) is 24.4 Å². The van der Waals surface area contributed by atoms with Gasteiger partial charge in [0.25, 0.3) is 0 Å². The lowest BCUT2D eigenvalue weighted by atomic mass is 10.2. The highest BCUT2D eigenvalue weighted by atomic mass is 35.5. The van der Waals surface area contributed by atoms with Crippen molar-refractivity contribution in [2.75, 3.05) is 11.9 Å². The fourth-order valence-electron chi connectivity index (χ4n) is 2.25. The number of imide groups is 1. The molecule has 1 aliphatic rings. The zero-order valence-electron chi connectivity index (χ0n) is 11.4. The first kappa shape index (κ1) is 15.6. The fraction of sp³-hybridized carbons (Fsp3) is 0.429. The predicted molar refractivity (Wildman–Crippen MR) is 78.8 cm³/mol. The highest BCUT2D eigenvalue weighted by Crippen LogP contribution is 2.19. The van der Waals surface area contributed by atoms with Crippen LogP contribution in [0.15, 0.2) is 18.2 Å². The Bertz CT molecular complexity index is 533. The lowest BCUT2D eigenvalue weighted by molar-refractivity contribution is -0.118. The van der Waals surface area contributed by atoms with Crippen LogP contribution < -0.4 is 16.0 Å². The number of hydrogen-bond donors (Lipinski definition) is 3. The molecule has 0 saturated heterocycles. The van der Waals surface area contributed by atoms with Crippen molar-refractivity contribution in [1.29, 1.82) is 0 Å². The van der Waals surface area contributed by atoms with Crippen LogP contribution in [0.1, 0.15) is 25.7 Å². The highest BCUT2D eigenvalue weighted by molar-refractivity contribution is 6.31. The molecule has 1 aromatic rings. The molecule has 114 valence electrons. The normalized spacial score (nSPS) is 14.8. The van der Waals surface area contributed by atoms with Gasteiger partial charge in [-0.2, -0.15) is 0 Å². The molecule has 1 aliphatic carbocycles. The van der Waals surface area contributed by atoms with Gasteiger partial charge in [0.05, 0.1) is 11.6 Å². The Kier molecular flexibility index (Phi) is 5.38. The van der Waals surface area contributed by atoms with Gasteiger partial charge < -0.3 is 10.6 Å². The minimum Gasteiger partial charge on any atom is -0.376 e. The first-order valence-electron chi connectivity index (χ1n) is 6.84. The van der Waals surface area contributed by atoms with Crippen LogP contribution in [-0.2, 0) is 4.79 Å². The third-order valence-corrected chi connectivity index (χ3v) is 3.61. The maximum Gasteiger partial charge on any atom is 0.321 e. The van der Waals surface area contributed by atoms with Gasteiger partial charge in [-0.15, -0.1) is 0 Å². The summed E-state index contributed by atoms with van der Waals surface area (Å²) in [6.45, 7) is -0.0972. The van der Waals surface area contributed by atoms with E-state index in [0.29, 0.717) is 5.69 Å². The molecule has 21 heavy (non-hydrogen) atoms. The molecule has 0 bridgehead atoms. The summed E-state index contributed by atoms with van der Waals surface area (Å²) in [5.41, 5.74) is 0.507. The fourth-order valence-corrected chi connectivity index (χ4v) is 2.43. The van der Waals surface area contributed by atoms with E-state index in [1.54, 1.807) is 0 Å². The van der Waals surface area contributed by atoms with Crippen molar-refractivity contribution < 1.29 is 14.0 Å². The molecule has 0 aromatic heterocycles. The second kappa shape index (κ2) is 7.26. The number of anilines is 1. The van der Waals surface area contributed by atoms with Crippen LogP contribution in [0.3, 0.4) is 0 Å². The standard InChI is InChI=1S/C14H17ClFN3O2/c15-11-7-10(5-6-12(11)16)17-8-13(20)19-14(21)18-9-3-1-2-4-9/h5-7,9,17H,1-4,8H2,(H2,18,19,20,21). The van der Waals surface area contributed by atoms with E-state index < -0.39 is 17.8 Å². The molecule has 1 fully saturated rings. The van der Waals surface area contributed by atoms with Crippen LogP contribution in [0.4, 0.5) is 14.9 Å². The first-order valence-corrected chi connectivity index (χ1v) is 7.21. The SMILES string of the molecule is O=C(CNc1ccc(F)c(Cl)c1)NC(=O)NC1CCCC1. The number of carbonyl (C=O) groups excluding carboxylic acids is 2. The second-order valence-corrected chi connectivity index (χ2v) is 5.39. The quantitative estimate of drug-likeness (QED) is 0.800. The van der Waals surface area contributed by atoms with E-state index in [-0.39, 0.29) is 17.6 Å². The average Bonchev–Trinajstić information content (AvgIpc) is 2.92. The Labute approximate surface area is 127 Å². The first-order chi connectivity index (χ1) is 10.0. The molecule has 3 amide bonds. The van der Waals surface area contributed by atoms with Gasteiger partial charge in [-0.3, -0.25) is 10.1 Å². The number of urea groups is 1. The van der Waals surface area contributed by atoms with Gasteiger partial charge in [0.2, 0.25) is 5.91 Å². The van der Waals surface area contributed by atoms with Crippen molar-refractivity contribution in [3.63, 3.8) is 0 Å². The number of rotatable bonds is 4. The van der Waals surface area contributed by atoms with Crippen molar-refractivity contribution in [3.05, 3.63) is 29.0 Å². The van der Waals surface area contributed by atoms with Crippen molar-refractivity contribution in [2.45, 2.75) is 31.7 Å². The molecule has 0 aliphatic heterocycles. The van der Waals surface area contributed by atoms with Gasteiger partial charge in [0.1, 0.15) is 5.82 Å². The number of carbonyl (C=O) groups is 2. The molecule has 0 atom stereocenters. The van der Waals surface area contributed by atoms with E-state index in [9.17, 15) is 14.0 Å². The minimum absolute atomic E-state index is 0.0283. The smallest absolute Gasteiger partial charge is 0.321 e. The summed E-state index contributed by atoms with van der Waals surface area (Å²) < 4.78 is 13.0. The van der Waals surface area contributed by atoms with Gasteiger partial charge in [0, 0.05) is 11.7 Å². The Balaban J connectivity index is 1.73. The third kappa shape index (κ3) is 4.90. The van der Waals surface area contributed by atoms with Gasteiger partial charge in [-0.05, 0) is 31.0 Å². The summed E-state index contributed by atoms with van der Waals surface area (Å²) in [6.07, 6.45) is 4.11. The minimum atomic E-state index is -0.525. The topological polar surface area (TPSA) is 70.2 Å². The molecule has 1 saturated carbocycles. The van der Waals surface area contributed by atoms with E-state index in [1.807, 2.05) is 0 Å². The van der Waals surface area contributed by atoms with Gasteiger partial charge in [-0.25, -0.2) is 9.18 Å². The Hall–Kier alpha value is -1.82. The number of halogens is 2. The summed E-state index contributed by atoms with van der Waals surface area (Å²) in [7, 11) is 0. The average molecular weight is 314 g/mol. The maximum absolute atomic E-state index is 13.0. The van der Waals surface area contributed by atoms with Crippen molar-refractivity contribution in [2.24, 2.45) is 0 Å². The maximum atomic E-state index is 13.0. The summed E-state index contributed by atoms with van der Waals surface area (Å²) in [4.78, 5) is 23.2. The summed E-state index contributed by atoms with van der Waals surface area (Å²) in [5.74, 6) is -0.992. The molecule has 0 unspecified atom stereocenters. The number of benzene rings is 1. The van der Waals surface area contributed by atoms with Crippen LogP contribution >= 0.6 is 11.6 Å². The van der Waals surface area contributed by atoms with Gasteiger partial charge in [0.15, 0.2) is 0 Å². The van der Waals surface area contributed by atoms with Crippen molar-refractivity contribution in [1.82, 2.24) is 10.6 Å². The molecule has 1 aromatic carbocycles. The van der Waals surface area contributed by atoms with E-state index >= 15 is 0 Å². The highest BCUT2D eigenvalue weighted by Gasteiger charge is 2.18. The van der Waals surface area contributed by atoms with Crippen molar-refractivity contribution in [3.8, 4) is 0 Å². The molecular formula is C14H17ClFN3O2. The monoisotopic (exact) mass is 313 g/mol. The molecule has 0 heterocycles. The molecular weight excluding hydrogens is 297 g/mol. The molecule has 7 heteroatoms. The summed E-state index contributed by atoms with van der Waals surface area (Å²) >= 11 is 5.63. The lowest BCUT2D eigenvalue weighted by Gasteiger charge is -2.12. The van der Waals surface area contributed by atoms with Crippen LogP contribution in [0, 0.1) is 5.82 Å². The summed E-state index contributed by atoms with van der Waals surface area (Å²) in [5, 5.41) is 7.74. The predicted octanol–water partition coefficient (Wildman–Crippen LogP) is 2.66. The lowest BCUT2D eigenvalue weighted by Crippen LogP contribution is -2.45. The Morgan fingerprint density at radius 1 is 1.29 bits per heavy atom. The van der Waals surface area contributed by atoms with E-state index in [0.717, 1.165) is 25.7 Å². The van der Waals surface area contributed by atoms with E-state index in [2.05, 4.69) is 16.0 Å². The molecule has 3 N–H and O–H groups in total.